The van der Waals surface area contributed by atoms with Crippen molar-refractivity contribution in [3.63, 3.8) is 0 Å². The van der Waals surface area contributed by atoms with Crippen LogP contribution in [-0.2, 0) is 16.6 Å². The second-order valence-corrected chi connectivity index (χ2v) is 8.75. The maximum atomic E-state index is 13.7. The van der Waals surface area contributed by atoms with Gasteiger partial charge in [0.1, 0.15) is 16.5 Å². The Morgan fingerprint density at radius 3 is 2.83 bits per heavy atom. The molecule has 0 amide bonds. The number of hydrogen-bond acceptors (Lipinski definition) is 5. The number of methoxy groups -OCH3 is 1. The van der Waals surface area contributed by atoms with Crippen molar-refractivity contribution in [2.45, 2.75) is 30.8 Å². The number of sulfonamides is 1. The third-order valence-corrected chi connectivity index (χ3v) is 7.16. The highest BCUT2D eigenvalue weighted by molar-refractivity contribution is 7.89. The van der Waals surface area contributed by atoms with Crippen LogP contribution in [0.25, 0.3) is 11.2 Å². The highest BCUT2D eigenvalue weighted by Crippen LogP contribution is 2.32. The van der Waals surface area contributed by atoms with E-state index in [-0.39, 0.29) is 35.5 Å². The summed E-state index contributed by atoms with van der Waals surface area (Å²) in [5.41, 5.74) is 1.04. The van der Waals surface area contributed by atoms with Gasteiger partial charge in [0, 0.05) is 25.8 Å². The first-order valence-corrected chi connectivity index (χ1v) is 10.7. The highest BCUT2D eigenvalue weighted by Gasteiger charge is 2.37. The molecule has 1 atom stereocenters. The number of fused-ring (bicyclic) bond motifs is 1. The molecule has 0 bridgehead atoms. The molecule has 8 nitrogen and oxygen atoms in total. The third kappa shape index (κ3) is 3.12. The van der Waals surface area contributed by atoms with E-state index in [0.717, 1.165) is 12.1 Å². The Bertz CT molecular complexity index is 1230. The van der Waals surface area contributed by atoms with Gasteiger partial charge < -0.3 is 4.74 Å². The first-order chi connectivity index (χ1) is 13.9. The van der Waals surface area contributed by atoms with Gasteiger partial charge in [-0.2, -0.15) is 4.31 Å². The van der Waals surface area contributed by atoms with Gasteiger partial charge in [0.05, 0.1) is 18.7 Å². The first-order valence-electron chi connectivity index (χ1n) is 9.28. The molecule has 2 aromatic heterocycles. The molecule has 1 unspecified atom stereocenters. The van der Waals surface area contributed by atoms with Crippen LogP contribution >= 0.6 is 0 Å². The molecule has 1 saturated heterocycles. The van der Waals surface area contributed by atoms with Crippen molar-refractivity contribution in [3.05, 3.63) is 52.8 Å². The predicted molar refractivity (Wildman–Crippen MR) is 105 cm³/mol. The fourth-order valence-electron chi connectivity index (χ4n) is 3.87. The van der Waals surface area contributed by atoms with E-state index in [1.54, 1.807) is 21.4 Å². The summed E-state index contributed by atoms with van der Waals surface area (Å²) in [4.78, 5) is 17.1. The average Bonchev–Trinajstić information content (AvgIpc) is 3.30. The topological polar surface area (TPSA) is 86.4 Å². The Morgan fingerprint density at radius 2 is 2.10 bits per heavy atom. The molecule has 1 fully saturated rings. The second kappa shape index (κ2) is 7.27. The average molecular weight is 420 g/mol. The molecule has 0 saturated carbocycles. The number of aromatic nitrogens is 3. The number of halogens is 1. The lowest BCUT2D eigenvalue weighted by Gasteiger charge is -2.18. The van der Waals surface area contributed by atoms with Crippen LogP contribution in [0.3, 0.4) is 0 Å². The van der Waals surface area contributed by atoms with E-state index in [9.17, 15) is 17.6 Å². The summed E-state index contributed by atoms with van der Waals surface area (Å²) >= 11 is 0. The summed E-state index contributed by atoms with van der Waals surface area (Å²) in [6, 6.07) is 6.62. The van der Waals surface area contributed by atoms with E-state index in [0.29, 0.717) is 24.1 Å². The molecular formula is C19H21FN4O4S. The summed E-state index contributed by atoms with van der Waals surface area (Å²) in [6.07, 6.45) is 2.06. The molecular weight excluding hydrogens is 399 g/mol. The lowest BCUT2D eigenvalue weighted by atomic mass is 10.2. The van der Waals surface area contributed by atoms with Crippen molar-refractivity contribution in [3.8, 4) is 5.75 Å². The second-order valence-electron chi connectivity index (χ2n) is 6.84. The van der Waals surface area contributed by atoms with Crippen LogP contribution < -0.4 is 10.4 Å². The summed E-state index contributed by atoms with van der Waals surface area (Å²) in [7, 11) is -2.65. The smallest absolute Gasteiger partial charge is 0.330 e. The molecule has 1 aliphatic rings. The van der Waals surface area contributed by atoms with E-state index in [4.69, 9.17) is 4.74 Å². The van der Waals surface area contributed by atoms with Crippen LogP contribution in [0.2, 0.25) is 0 Å². The minimum Gasteiger partial charge on any atom is -0.495 e. The first kappa shape index (κ1) is 19.6. The number of rotatable bonds is 5. The van der Waals surface area contributed by atoms with Crippen LogP contribution in [0.1, 0.15) is 19.4 Å². The van der Waals surface area contributed by atoms with E-state index in [1.165, 1.54) is 17.5 Å². The van der Waals surface area contributed by atoms with Gasteiger partial charge in [0.15, 0.2) is 5.65 Å². The number of ether oxygens (including phenoxy) is 1. The Labute approximate surface area is 167 Å². The minimum atomic E-state index is -3.98. The van der Waals surface area contributed by atoms with Crippen molar-refractivity contribution in [1.82, 2.24) is 18.4 Å². The van der Waals surface area contributed by atoms with Gasteiger partial charge >= 0.3 is 5.69 Å². The van der Waals surface area contributed by atoms with Crippen LogP contribution in [0.5, 0.6) is 5.75 Å². The van der Waals surface area contributed by atoms with Gasteiger partial charge in [-0.1, -0.05) is 0 Å². The van der Waals surface area contributed by atoms with Gasteiger partial charge in [0.2, 0.25) is 10.0 Å². The molecule has 0 radical (unpaired) electrons. The molecule has 29 heavy (non-hydrogen) atoms. The fraction of sp³-hybridized carbons (Fsp3) is 0.368. The maximum Gasteiger partial charge on any atom is 0.330 e. The third-order valence-electron chi connectivity index (χ3n) is 5.27. The fourth-order valence-corrected chi connectivity index (χ4v) is 5.53. The molecule has 0 spiro atoms. The van der Waals surface area contributed by atoms with Crippen molar-refractivity contribution in [1.29, 1.82) is 0 Å². The quantitative estimate of drug-likeness (QED) is 0.630. The zero-order chi connectivity index (χ0) is 20.8. The van der Waals surface area contributed by atoms with Gasteiger partial charge in [-0.15, -0.1) is 0 Å². The summed E-state index contributed by atoms with van der Waals surface area (Å²) in [6.45, 7) is 2.68. The normalized spacial score (nSPS) is 17.8. The SMILES string of the molecule is CCn1c(=O)n(C2CCN(S(=O)(=O)c3cc(F)ccc3OC)C2)c2ncccc21. The lowest BCUT2D eigenvalue weighted by molar-refractivity contribution is 0.395. The van der Waals surface area contributed by atoms with Crippen LogP contribution in [-0.4, -0.2) is 47.0 Å². The lowest BCUT2D eigenvalue weighted by Crippen LogP contribution is -2.32. The van der Waals surface area contributed by atoms with Crippen molar-refractivity contribution >= 4 is 21.2 Å². The zero-order valence-corrected chi connectivity index (χ0v) is 16.9. The molecule has 0 N–H and O–H groups in total. The summed E-state index contributed by atoms with van der Waals surface area (Å²) < 4.78 is 49.5. The zero-order valence-electron chi connectivity index (χ0n) is 16.1. The van der Waals surface area contributed by atoms with Crippen molar-refractivity contribution in [2.75, 3.05) is 20.2 Å². The van der Waals surface area contributed by atoms with Crippen LogP contribution in [0.4, 0.5) is 4.39 Å². The van der Waals surface area contributed by atoms with E-state index < -0.39 is 15.8 Å². The van der Waals surface area contributed by atoms with Gasteiger partial charge in [0.25, 0.3) is 0 Å². The summed E-state index contributed by atoms with van der Waals surface area (Å²) in [5.74, 6) is -0.581. The van der Waals surface area contributed by atoms with E-state index in [1.807, 2.05) is 13.0 Å². The van der Waals surface area contributed by atoms with Crippen LogP contribution in [0.15, 0.2) is 46.2 Å². The van der Waals surface area contributed by atoms with Crippen molar-refractivity contribution in [2.24, 2.45) is 0 Å². The molecule has 4 rings (SSSR count). The molecule has 3 heterocycles. The Morgan fingerprint density at radius 1 is 1.31 bits per heavy atom. The maximum absolute atomic E-state index is 13.7. The summed E-state index contributed by atoms with van der Waals surface area (Å²) in [5, 5.41) is 0. The van der Waals surface area contributed by atoms with E-state index >= 15 is 0 Å². The Balaban J connectivity index is 1.72. The molecule has 154 valence electrons. The number of aryl methyl sites for hydroxylation is 1. The van der Waals surface area contributed by atoms with E-state index in [2.05, 4.69) is 4.98 Å². The van der Waals surface area contributed by atoms with Crippen molar-refractivity contribution < 1.29 is 17.5 Å². The number of hydrogen-bond donors (Lipinski definition) is 0. The van der Waals surface area contributed by atoms with Crippen LogP contribution in [0, 0.1) is 5.82 Å². The molecule has 3 aromatic rings. The largest absolute Gasteiger partial charge is 0.495 e. The number of imidazole rings is 1. The Kier molecular flexibility index (Phi) is 4.91. The predicted octanol–water partition coefficient (Wildman–Crippen LogP) is 2.00. The molecule has 1 aromatic carbocycles. The molecule has 10 heteroatoms. The molecule has 1 aliphatic heterocycles. The number of pyridine rings is 1. The van der Waals surface area contributed by atoms with Gasteiger partial charge in [-0.25, -0.2) is 22.6 Å². The number of nitrogens with zero attached hydrogens (tertiary/aromatic N) is 4. The monoisotopic (exact) mass is 420 g/mol. The highest BCUT2D eigenvalue weighted by atomic mass is 32.2. The standard InChI is InChI=1S/C19H21FN4O4S/c1-3-23-15-5-4-9-21-18(15)24(19(23)25)14-8-10-22(12-14)29(26,27)17-11-13(20)6-7-16(17)28-2/h4-7,9,11,14H,3,8,10,12H2,1-2H3. The molecule has 0 aliphatic carbocycles. The number of benzene rings is 1. The Hall–Kier alpha value is -2.72. The van der Waals surface area contributed by atoms with Gasteiger partial charge in [-0.3, -0.25) is 9.13 Å². The minimum absolute atomic E-state index is 0.0799. The van der Waals surface area contributed by atoms with Gasteiger partial charge in [-0.05, 0) is 43.7 Å².